The van der Waals surface area contributed by atoms with E-state index < -0.39 is 0 Å². The lowest BCUT2D eigenvalue weighted by atomic mass is 9.96. The van der Waals surface area contributed by atoms with Gasteiger partial charge in [-0.25, -0.2) is 5.43 Å². The number of fused-ring (bicyclic) bond motifs is 1. The van der Waals surface area contributed by atoms with Crippen LogP contribution in [0.15, 0.2) is 27.0 Å². The van der Waals surface area contributed by atoms with E-state index in [9.17, 15) is 4.79 Å². The topological polar surface area (TPSA) is 57.8 Å². The molecule has 0 bridgehead atoms. The zero-order valence-corrected chi connectivity index (χ0v) is 13.6. The number of nitrogens with zero attached hydrogens (tertiary/aromatic N) is 2. The molecule has 0 radical (unpaired) electrons. The van der Waals surface area contributed by atoms with Crippen molar-refractivity contribution in [2.24, 2.45) is 5.10 Å². The third-order valence-corrected chi connectivity index (χ3v) is 4.81. The van der Waals surface area contributed by atoms with Crippen molar-refractivity contribution in [3.05, 3.63) is 39.3 Å². The summed E-state index contributed by atoms with van der Waals surface area (Å²) < 4.78 is 5.54. The van der Waals surface area contributed by atoms with Crippen molar-refractivity contribution in [1.29, 1.82) is 0 Å². The van der Waals surface area contributed by atoms with Crippen molar-refractivity contribution >= 4 is 29.3 Å². The van der Waals surface area contributed by atoms with Crippen LogP contribution in [0.4, 0.5) is 5.88 Å². The number of anilines is 1. The number of hydrazone groups is 1. The minimum atomic E-state index is -0.143. The fraction of sp³-hybridized carbons (Fsp3) is 0.375. The zero-order valence-electron chi connectivity index (χ0n) is 12.8. The Hall–Kier alpha value is -2.08. The van der Waals surface area contributed by atoms with Gasteiger partial charge in [0.25, 0.3) is 5.91 Å². The first-order valence-corrected chi connectivity index (χ1v) is 8.23. The quantitative estimate of drug-likeness (QED) is 0.696. The molecule has 0 atom stereocenters. The maximum atomic E-state index is 12.2. The van der Waals surface area contributed by atoms with Crippen molar-refractivity contribution in [2.45, 2.75) is 25.7 Å². The number of carbonyl (C=O) groups is 1. The Morgan fingerprint density at radius 3 is 2.95 bits per heavy atom. The molecule has 1 amide bonds. The SMILES string of the molecule is CN(C)c1ccc(/C=N/NC(=O)c2csc3c2CCCC3)o1. The number of rotatable bonds is 4. The van der Waals surface area contributed by atoms with Crippen LogP contribution in [0, 0.1) is 0 Å². The first-order chi connectivity index (χ1) is 10.6. The van der Waals surface area contributed by atoms with Crippen LogP contribution in [0.25, 0.3) is 0 Å². The lowest BCUT2D eigenvalue weighted by Crippen LogP contribution is -2.19. The molecule has 0 spiro atoms. The molecule has 1 aliphatic carbocycles. The second kappa shape index (κ2) is 6.36. The van der Waals surface area contributed by atoms with E-state index in [1.807, 2.05) is 36.5 Å². The first-order valence-electron chi connectivity index (χ1n) is 7.35. The van der Waals surface area contributed by atoms with Crippen molar-refractivity contribution in [1.82, 2.24) is 5.43 Å². The van der Waals surface area contributed by atoms with Gasteiger partial charge in [0.2, 0.25) is 0 Å². The molecule has 0 saturated carbocycles. The largest absolute Gasteiger partial charge is 0.440 e. The second-order valence-corrected chi connectivity index (χ2v) is 6.49. The highest BCUT2D eigenvalue weighted by molar-refractivity contribution is 7.10. The highest BCUT2D eigenvalue weighted by Crippen LogP contribution is 2.30. The van der Waals surface area contributed by atoms with Crippen LogP contribution in [-0.4, -0.2) is 26.2 Å². The summed E-state index contributed by atoms with van der Waals surface area (Å²) in [6.45, 7) is 0. The average Bonchev–Trinajstić information content (AvgIpc) is 3.13. The fourth-order valence-electron chi connectivity index (χ4n) is 2.55. The minimum Gasteiger partial charge on any atom is -0.440 e. The molecule has 1 N–H and O–H groups in total. The zero-order chi connectivity index (χ0) is 15.5. The summed E-state index contributed by atoms with van der Waals surface area (Å²) in [4.78, 5) is 15.4. The summed E-state index contributed by atoms with van der Waals surface area (Å²) >= 11 is 1.68. The average molecular weight is 317 g/mol. The second-order valence-electron chi connectivity index (χ2n) is 5.53. The molecule has 2 aromatic rings. The lowest BCUT2D eigenvalue weighted by molar-refractivity contribution is 0.0954. The van der Waals surface area contributed by atoms with E-state index in [1.165, 1.54) is 23.1 Å². The third kappa shape index (κ3) is 3.06. The summed E-state index contributed by atoms with van der Waals surface area (Å²) in [7, 11) is 3.81. The van der Waals surface area contributed by atoms with Crippen molar-refractivity contribution in [3.8, 4) is 0 Å². The number of hydrogen-bond acceptors (Lipinski definition) is 5. The van der Waals surface area contributed by atoms with Gasteiger partial charge < -0.3 is 9.32 Å². The Kier molecular flexibility index (Phi) is 4.29. The molecular formula is C16H19N3O2S. The molecular weight excluding hydrogens is 298 g/mol. The Bertz CT molecular complexity index is 700. The molecule has 0 saturated heterocycles. The lowest BCUT2D eigenvalue weighted by Gasteiger charge is -2.11. The van der Waals surface area contributed by atoms with E-state index in [2.05, 4.69) is 10.5 Å². The molecule has 22 heavy (non-hydrogen) atoms. The molecule has 6 heteroatoms. The van der Waals surface area contributed by atoms with Crippen molar-refractivity contribution < 1.29 is 9.21 Å². The van der Waals surface area contributed by atoms with Gasteiger partial charge in [0, 0.05) is 30.4 Å². The highest BCUT2D eigenvalue weighted by atomic mass is 32.1. The Balaban J connectivity index is 1.64. The number of nitrogens with one attached hydrogen (secondary N) is 1. The van der Waals surface area contributed by atoms with E-state index in [0.29, 0.717) is 5.76 Å². The van der Waals surface area contributed by atoms with E-state index >= 15 is 0 Å². The monoisotopic (exact) mass is 317 g/mol. The van der Waals surface area contributed by atoms with E-state index in [0.717, 1.165) is 30.7 Å². The standard InChI is InChI=1S/C16H19N3O2S/c1-19(2)15-8-7-11(21-15)9-17-18-16(20)13-10-22-14-6-4-3-5-12(13)14/h7-10H,3-6H2,1-2H3,(H,18,20)/b17-9+. The molecule has 0 fully saturated rings. The van der Waals surface area contributed by atoms with E-state index in [1.54, 1.807) is 11.3 Å². The fourth-order valence-corrected chi connectivity index (χ4v) is 3.68. The van der Waals surface area contributed by atoms with Gasteiger partial charge in [0.15, 0.2) is 5.88 Å². The van der Waals surface area contributed by atoms with Crippen LogP contribution < -0.4 is 10.3 Å². The van der Waals surface area contributed by atoms with Crippen LogP contribution in [0.1, 0.15) is 39.4 Å². The van der Waals surface area contributed by atoms with Gasteiger partial charge in [-0.3, -0.25) is 4.79 Å². The van der Waals surface area contributed by atoms with Crippen LogP contribution in [0.5, 0.6) is 0 Å². The van der Waals surface area contributed by atoms with Gasteiger partial charge in [-0.15, -0.1) is 11.3 Å². The molecule has 0 unspecified atom stereocenters. The number of aryl methyl sites for hydroxylation is 1. The van der Waals surface area contributed by atoms with Gasteiger partial charge in [-0.2, -0.15) is 5.10 Å². The number of hydrogen-bond donors (Lipinski definition) is 1. The molecule has 116 valence electrons. The van der Waals surface area contributed by atoms with Crippen molar-refractivity contribution in [2.75, 3.05) is 19.0 Å². The van der Waals surface area contributed by atoms with Gasteiger partial charge in [0.05, 0.1) is 11.8 Å². The van der Waals surface area contributed by atoms with Crippen molar-refractivity contribution in [3.63, 3.8) is 0 Å². The van der Waals surface area contributed by atoms with Gasteiger partial charge >= 0.3 is 0 Å². The molecule has 2 heterocycles. The van der Waals surface area contributed by atoms with Crippen LogP contribution in [0.2, 0.25) is 0 Å². The smallest absolute Gasteiger partial charge is 0.272 e. The van der Waals surface area contributed by atoms with Crippen LogP contribution >= 0.6 is 11.3 Å². The Morgan fingerprint density at radius 2 is 2.18 bits per heavy atom. The number of carbonyl (C=O) groups excluding carboxylic acids is 1. The predicted octanol–water partition coefficient (Wildman–Crippen LogP) is 3.05. The summed E-state index contributed by atoms with van der Waals surface area (Å²) in [5.41, 5.74) is 4.56. The first kappa shape index (κ1) is 14.8. The van der Waals surface area contributed by atoms with Gasteiger partial charge in [-0.1, -0.05) is 0 Å². The van der Waals surface area contributed by atoms with Crippen LogP contribution in [0.3, 0.4) is 0 Å². The Morgan fingerprint density at radius 1 is 1.36 bits per heavy atom. The maximum absolute atomic E-state index is 12.2. The minimum absolute atomic E-state index is 0.143. The van der Waals surface area contributed by atoms with E-state index in [4.69, 9.17) is 4.42 Å². The maximum Gasteiger partial charge on any atom is 0.272 e. The predicted molar refractivity (Wildman–Crippen MR) is 89.1 cm³/mol. The Labute approximate surface area is 133 Å². The molecule has 0 aromatic carbocycles. The summed E-state index contributed by atoms with van der Waals surface area (Å²) in [5.74, 6) is 1.21. The summed E-state index contributed by atoms with van der Waals surface area (Å²) in [6.07, 6.45) is 5.99. The molecule has 0 aliphatic heterocycles. The third-order valence-electron chi connectivity index (χ3n) is 3.72. The molecule has 1 aliphatic rings. The van der Waals surface area contributed by atoms with Crippen LogP contribution in [-0.2, 0) is 12.8 Å². The molecule has 3 rings (SSSR count). The number of thiophene rings is 1. The number of amides is 1. The van der Waals surface area contributed by atoms with Gasteiger partial charge in [0.1, 0.15) is 5.76 Å². The summed E-state index contributed by atoms with van der Waals surface area (Å²) in [5, 5.41) is 5.93. The molecule has 5 nitrogen and oxygen atoms in total. The highest BCUT2D eigenvalue weighted by Gasteiger charge is 2.19. The van der Waals surface area contributed by atoms with Gasteiger partial charge in [-0.05, 0) is 37.3 Å². The molecule has 2 aromatic heterocycles. The normalized spacial score (nSPS) is 14.1. The number of furan rings is 1. The summed E-state index contributed by atoms with van der Waals surface area (Å²) in [6, 6.07) is 3.68. The van der Waals surface area contributed by atoms with E-state index in [-0.39, 0.29) is 5.91 Å².